The van der Waals surface area contributed by atoms with E-state index in [9.17, 15) is 9.59 Å². The Hall–Kier alpha value is -2.54. The molecule has 100 valence electrons. The van der Waals surface area contributed by atoms with E-state index in [1.807, 2.05) is 18.2 Å². The summed E-state index contributed by atoms with van der Waals surface area (Å²) in [5.74, 6) is 5.04. The number of fused-ring (bicyclic) bond motifs is 1. The van der Waals surface area contributed by atoms with Crippen molar-refractivity contribution < 1.29 is 14.0 Å². The first-order valence-electron chi connectivity index (χ1n) is 6.46. The van der Waals surface area contributed by atoms with Crippen LogP contribution in [-0.2, 0) is 9.59 Å². The number of nitrogens with one attached hydrogen (secondary N) is 1. The maximum Gasteiger partial charge on any atom is 0.234 e. The number of carbonyl (C=O) groups excluding carboxylic acids is 2. The van der Waals surface area contributed by atoms with E-state index in [4.69, 9.17) is 4.42 Å². The van der Waals surface area contributed by atoms with E-state index in [2.05, 4.69) is 17.2 Å². The van der Waals surface area contributed by atoms with Gasteiger partial charge in [-0.1, -0.05) is 5.92 Å². The number of benzene rings is 1. The van der Waals surface area contributed by atoms with Gasteiger partial charge in [-0.25, -0.2) is 0 Å². The fourth-order valence-electron chi connectivity index (χ4n) is 2.53. The van der Waals surface area contributed by atoms with Gasteiger partial charge >= 0.3 is 0 Å². The summed E-state index contributed by atoms with van der Waals surface area (Å²) in [6.07, 6.45) is 2.48. The van der Waals surface area contributed by atoms with Crippen LogP contribution in [0.1, 0.15) is 36.8 Å². The minimum absolute atomic E-state index is 0.211. The maximum atomic E-state index is 12.0. The average Bonchev–Trinajstić information content (AvgIpc) is 2.82. The van der Waals surface area contributed by atoms with Gasteiger partial charge in [0.2, 0.25) is 11.8 Å². The zero-order valence-electron chi connectivity index (χ0n) is 11.0. The van der Waals surface area contributed by atoms with Crippen LogP contribution in [0.2, 0.25) is 0 Å². The summed E-state index contributed by atoms with van der Waals surface area (Å²) in [6, 6.07) is 5.66. The molecule has 2 amide bonds. The Morgan fingerprint density at radius 1 is 1.35 bits per heavy atom. The lowest BCUT2D eigenvalue weighted by Gasteiger charge is -2.19. The van der Waals surface area contributed by atoms with Crippen molar-refractivity contribution in [1.29, 1.82) is 0 Å². The van der Waals surface area contributed by atoms with Crippen molar-refractivity contribution in [2.75, 3.05) is 0 Å². The van der Waals surface area contributed by atoms with E-state index in [1.165, 1.54) is 0 Å². The predicted molar refractivity (Wildman–Crippen MR) is 73.9 cm³/mol. The third-order valence-electron chi connectivity index (χ3n) is 3.49. The fourth-order valence-corrected chi connectivity index (χ4v) is 2.53. The van der Waals surface area contributed by atoms with Crippen molar-refractivity contribution in [1.82, 2.24) is 5.32 Å². The van der Waals surface area contributed by atoms with Crippen LogP contribution in [0, 0.1) is 11.8 Å². The Morgan fingerprint density at radius 3 is 2.95 bits per heavy atom. The predicted octanol–water partition coefficient (Wildman–Crippen LogP) is 2.32. The molecule has 1 saturated heterocycles. The molecule has 4 heteroatoms. The molecular weight excluding hydrogens is 254 g/mol. The number of imide groups is 1. The number of rotatable bonds is 1. The zero-order chi connectivity index (χ0) is 14.1. The lowest BCUT2D eigenvalue weighted by molar-refractivity contribution is -0.134. The summed E-state index contributed by atoms with van der Waals surface area (Å²) in [7, 11) is 0. The molecule has 0 spiro atoms. The van der Waals surface area contributed by atoms with Gasteiger partial charge in [-0.3, -0.25) is 14.9 Å². The van der Waals surface area contributed by atoms with Crippen molar-refractivity contribution in [3.05, 3.63) is 35.6 Å². The molecule has 0 bridgehead atoms. The molecule has 0 saturated carbocycles. The summed E-state index contributed by atoms with van der Waals surface area (Å²) in [6.45, 7) is 1.78. The fraction of sp³-hybridized carbons (Fsp3) is 0.250. The van der Waals surface area contributed by atoms with E-state index in [0.29, 0.717) is 12.8 Å². The summed E-state index contributed by atoms with van der Waals surface area (Å²) < 4.78 is 5.50. The number of carbonyl (C=O) groups is 2. The van der Waals surface area contributed by atoms with Crippen LogP contribution in [0.15, 0.2) is 28.9 Å². The highest BCUT2D eigenvalue weighted by atomic mass is 16.3. The highest BCUT2D eigenvalue weighted by molar-refractivity contribution is 6.02. The van der Waals surface area contributed by atoms with Crippen LogP contribution in [0.4, 0.5) is 0 Å². The molecule has 20 heavy (non-hydrogen) atoms. The van der Waals surface area contributed by atoms with Crippen LogP contribution in [0.3, 0.4) is 0 Å². The largest absolute Gasteiger partial charge is 0.464 e. The Morgan fingerprint density at radius 2 is 2.20 bits per heavy atom. The van der Waals surface area contributed by atoms with E-state index in [0.717, 1.165) is 22.1 Å². The average molecular weight is 267 g/mol. The molecule has 3 rings (SSSR count). The molecule has 1 aliphatic rings. The monoisotopic (exact) mass is 267 g/mol. The first kappa shape index (κ1) is 12.5. The quantitative estimate of drug-likeness (QED) is 0.637. The molecule has 0 radical (unpaired) electrons. The number of hydrogen-bond acceptors (Lipinski definition) is 3. The molecule has 1 aromatic heterocycles. The second-order valence-electron chi connectivity index (χ2n) is 4.78. The normalized spacial score (nSPS) is 18.6. The number of amides is 2. The molecule has 1 unspecified atom stereocenters. The van der Waals surface area contributed by atoms with Crippen molar-refractivity contribution in [2.45, 2.75) is 25.7 Å². The van der Waals surface area contributed by atoms with Crippen LogP contribution < -0.4 is 5.32 Å². The van der Waals surface area contributed by atoms with Crippen LogP contribution >= 0.6 is 0 Å². The van der Waals surface area contributed by atoms with Crippen LogP contribution in [0.25, 0.3) is 11.0 Å². The van der Waals surface area contributed by atoms with Gasteiger partial charge in [0.05, 0.1) is 12.2 Å². The van der Waals surface area contributed by atoms with Gasteiger partial charge in [0.15, 0.2) is 0 Å². The van der Waals surface area contributed by atoms with Crippen LogP contribution in [0.5, 0.6) is 0 Å². The molecule has 1 N–H and O–H groups in total. The standard InChI is InChI=1S/C16H13NO3/c1-2-3-10-4-6-14-12(8-10)13(9-20-14)11-5-7-15(18)17-16(11)19/h4,6,8-9,11H,5,7H2,1H3,(H,17,18,19). The Bertz CT molecular complexity index is 761. The Labute approximate surface area is 116 Å². The Balaban J connectivity index is 2.06. The third kappa shape index (κ3) is 2.08. The topological polar surface area (TPSA) is 59.3 Å². The maximum absolute atomic E-state index is 12.0. The van der Waals surface area contributed by atoms with Gasteiger partial charge in [-0.2, -0.15) is 0 Å². The van der Waals surface area contributed by atoms with Crippen molar-refractivity contribution >= 4 is 22.8 Å². The van der Waals surface area contributed by atoms with Crippen molar-refractivity contribution in [3.8, 4) is 11.8 Å². The van der Waals surface area contributed by atoms with Crippen LogP contribution in [-0.4, -0.2) is 11.8 Å². The molecule has 1 atom stereocenters. The molecule has 2 heterocycles. The summed E-state index contributed by atoms with van der Waals surface area (Å²) in [5, 5.41) is 3.26. The molecule has 1 aliphatic heterocycles. The highest BCUT2D eigenvalue weighted by Gasteiger charge is 2.30. The molecule has 1 fully saturated rings. The minimum Gasteiger partial charge on any atom is -0.464 e. The van der Waals surface area contributed by atoms with E-state index >= 15 is 0 Å². The second-order valence-corrected chi connectivity index (χ2v) is 4.78. The van der Waals surface area contributed by atoms with Gasteiger partial charge in [-0.15, -0.1) is 5.92 Å². The van der Waals surface area contributed by atoms with Gasteiger partial charge in [0, 0.05) is 22.9 Å². The van der Waals surface area contributed by atoms with Gasteiger partial charge in [-0.05, 0) is 31.5 Å². The van der Waals surface area contributed by atoms with Gasteiger partial charge < -0.3 is 4.42 Å². The lowest BCUT2D eigenvalue weighted by atomic mass is 9.90. The molecule has 1 aromatic carbocycles. The first-order valence-corrected chi connectivity index (χ1v) is 6.46. The van der Waals surface area contributed by atoms with E-state index in [1.54, 1.807) is 13.2 Å². The number of furan rings is 1. The third-order valence-corrected chi connectivity index (χ3v) is 3.49. The first-order chi connectivity index (χ1) is 9.69. The molecule has 0 aliphatic carbocycles. The zero-order valence-corrected chi connectivity index (χ0v) is 11.0. The summed E-state index contributed by atoms with van der Waals surface area (Å²) >= 11 is 0. The van der Waals surface area contributed by atoms with E-state index < -0.39 is 0 Å². The summed E-state index contributed by atoms with van der Waals surface area (Å²) in [4.78, 5) is 23.2. The van der Waals surface area contributed by atoms with Gasteiger partial charge in [0.25, 0.3) is 0 Å². The minimum atomic E-state index is -0.334. The van der Waals surface area contributed by atoms with Gasteiger partial charge in [0.1, 0.15) is 5.58 Å². The second kappa shape index (κ2) is 4.86. The molecular formula is C16H13NO3. The number of hydrogen-bond donors (Lipinski definition) is 1. The lowest BCUT2D eigenvalue weighted by Crippen LogP contribution is -2.39. The molecule has 2 aromatic rings. The van der Waals surface area contributed by atoms with Crippen molar-refractivity contribution in [2.24, 2.45) is 0 Å². The smallest absolute Gasteiger partial charge is 0.234 e. The SMILES string of the molecule is CC#Cc1ccc2occ(C3CCC(=O)NC3=O)c2c1. The highest BCUT2D eigenvalue weighted by Crippen LogP contribution is 2.32. The molecule has 4 nitrogen and oxygen atoms in total. The number of piperidine rings is 1. The van der Waals surface area contributed by atoms with E-state index in [-0.39, 0.29) is 17.7 Å². The Kier molecular flexibility index (Phi) is 3.03. The summed E-state index contributed by atoms with van der Waals surface area (Å²) in [5.41, 5.74) is 2.44. The van der Waals surface area contributed by atoms with Crippen molar-refractivity contribution in [3.63, 3.8) is 0 Å².